The van der Waals surface area contributed by atoms with Crippen LogP contribution in [0.4, 0.5) is 0 Å². The largest absolute Gasteiger partial charge is 0.493 e. The Kier molecular flexibility index (Phi) is 8.49. The molecule has 0 aliphatic heterocycles. The lowest BCUT2D eigenvalue weighted by molar-refractivity contribution is -0.122. The summed E-state index contributed by atoms with van der Waals surface area (Å²) in [6.07, 6.45) is 1.61. The van der Waals surface area contributed by atoms with Gasteiger partial charge in [-0.15, -0.1) is 0 Å². The maximum absolute atomic E-state index is 12.7. The lowest BCUT2D eigenvalue weighted by atomic mass is 10.1. The van der Waals surface area contributed by atoms with Gasteiger partial charge in [0.05, 0.1) is 33.6 Å². The van der Waals surface area contributed by atoms with Crippen molar-refractivity contribution in [1.29, 1.82) is 0 Å². The SMILES string of the molecule is CNC(=O)c1ccc(CN(CC(=O)NCc2ccc(OC)c(OC)c2)Cc2ccco2)cc1. The van der Waals surface area contributed by atoms with Gasteiger partial charge in [-0.3, -0.25) is 14.5 Å². The van der Waals surface area contributed by atoms with Gasteiger partial charge in [0.25, 0.3) is 5.91 Å². The van der Waals surface area contributed by atoms with Crippen molar-refractivity contribution in [3.8, 4) is 11.5 Å². The van der Waals surface area contributed by atoms with Gasteiger partial charge in [-0.2, -0.15) is 0 Å². The highest BCUT2D eigenvalue weighted by Crippen LogP contribution is 2.27. The fourth-order valence-corrected chi connectivity index (χ4v) is 3.40. The highest BCUT2D eigenvalue weighted by molar-refractivity contribution is 5.93. The number of nitrogens with zero attached hydrogens (tertiary/aromatic N) is 1. The van der Waals surface area contributed by atoms with Crippen LogP contribution in [0, 0.1) is 0 Å². The molecular formula is C25H29N3O5. The molecule has 0 fully saturated rings. The third-order valence-corrected chi connectivity index (χ3v) is 5.11. The van der Waals surface area contributed by atoms with E-state index in [1.165, 1.54) is 0 Å². The maximum atomic E-state index is 12.7. The van der Waals surface area contributed by atoms with Crippen LogP contribution < -0.4 is 20.1 Å². The number of ether oxygens (including phenoxy) is 2. The number of benzene rings is 2. The van der Waals surface area contributed by atoms with Gasteiger partial charge < -0.3 is 24.5 Å². The van der Waals surface area contributed by atoms with E-state index in [0.717, 1.165) is 16.9 Å². The zero-order chi connectivity index (χ0) is 23.6. The van der Waals surface area contributed by atoms with Crippen LogP contribution >= 0.6 is 0 Å². The van der Waals surface area contributed by atoms with Crippen molar-refractivity contribution >= 4 is 11.8 Å². The highest BCUT2D eigenvalue weighted by atomic mass is 16.5. The standard InChI is InChI=1S/C25H29N3O5/c1-26-25(30)20-9-6-18(7-10-20)15-28(16-21-5-4-12-33-21)17-24(29)27-14-19-8-11-22(31-2)23(13-19)32-3/h4-13H,14-17H2,1-3H3,(H,26,30)(H,27,29). The summed E-state index contributed by atoms with van der Waals surface area (Å²) in [5.41, 5.74) is 2.48. The van der Waals surface area contributed by atoms with Crippen LogP contribution in [0.1, 0.15) is 27.2 Å². The average Bonchev–Trinajstić information content (AvgIpc) is 3.35. The maximum Gasteiger partial charge on any atom is 0.251 e. The quantitative estimate of drug-likeness (QED) is 0.466. The van der Waals surface area contributed by atoms with Crippen molar-refractivity contribution in [3.63, 3.8) is 0 Å². The third-order valence-electron chi connectivity index (χ3n) is 5.11. The van der Waals surface area contributed by atoms with Crippen LogP contribution in [-0.4, -0.2) is 44.5 Å². The Morgan fingerprint density at radius 2 is 1.67 bits per heavy atom. The summed E-state index contributed by atoms with van der Waals surface area (Å²) in [5, 5.41) is 5.56. The number of nitrogens with one attached hydrogen (secondary N) is 2. The number of carbonyl (C=O) groups excluding carboxylic acids is 2. The van der Waals surface area contributed by atoms with E-state index in [9.17, 15) is 9.59 Å². The Morgan fingerprint density at radius 1 is 0.939 bits per heavy atom. The number of amides is 2. The zero-order valence-corrected chi connectivity index (χ0v) is 19.1. The third kappa shape index (κ3) is 6.85. The highest BCUT2D eigenvalue weighted by Gasteiger charge is 2.14. The Morgan fingerprint density at radius 3 is 2.30 bits per heavy atom. The molecule has 174 valence electrons. The van der Waals surface area contributed by atoms with Crippen LogP contribution in [0.2, 0.25) is 0 Å². The second kappa shape index (κ2) is 11.7. The predicted molar refractivity (Wildman–Crippen MR) is 124 cm³/mol. The summed E-state index contributed by atoms with van der Waals surface area (Å²) in [5.74, 6) is 1.77. The fourth-order valence-electron chi connectivity index (χ4n) is 3.40. The van der Waals surface area contributed by atoms with Crippen molar-refractivity contribution in [2.75, 3.05) is 27.8 Å². The van der Waals surface area contributed by atoms with E-state index in [1.54, 1.807) is 39.7 Å². The number of hydrogen-bond acceptors (Lipinski definition) is 6. The minimum atomic E-state index is -0.136. The van der Waals surface area contributed by atoms with Gasteiger partial charge in [0.1, 0.15) is 5.76 Å². The number of carbonyl (C=O) groups is 2. The van der Waals surface area contributed by atoms with Crippen molar-refractivity contribution in [2.45, 2.75) is 19.6 Å². The molecule has 0 aliphatic carbocycles. The summed E-state index contributed by atoms with van der Waals surface area (Å²) < 4.78 is 16.0. The zero-order valence-electron chi connectivity index (χ0n) is 19.1. The fraction of sp³-hybridized carbons (Fsp3) is 0.280. The molecule has 0 radical (unpaired) electrons. The van der Waals surface area contributed by atoms with Crippen LogP contribution in [0.3, 0.4) is 0 Å². The molecule has 0 saturated heterocycles. The van der Waals surface area contributed by atoms with Crippen molar-refractivity contribution in [2.24, 2.45) is 0 Å². The molecule has 8 heteroatoms. The predicted octanol–water partition coefficient (Wildman–Crippen LogP) is 2.98. The van der Waals surface area contributed by atoms with Crippen molar-refractivity contribution in [3.05, 3.63) is 83.3 Å². The second-order valence-corrected chi connectivity index (χ2v) is 7.47. The van der Waals surface area contributed by atoms with Gasteiger partial charge in [0.2, 0.25) is 5.91 Å². The molecule has 1 aromatic heterocycles. The molecular weight excluding hydrogens is 422 g/mol. The van der Waals surface area contributed by atoms with Crippen LogP contribution in [0.25, 0.3) is 0 Å². The minimum absolute atomic E-state index is 0.113. The van der Waals surface area contributed by atoms with Gasteiger partial charge in [0, 0.05) is 25.7 Å². The van der Waals surface area contributed by atoms with Crippen molar-refractivity contribution in [1.82, 2.24) is 15.5 Å². The van der Waals surface area contributed by atoms with Gasteiger partial charge in [-0.1, -0.05) is 18.2 Å². The van der Waals surface area contributed by atoms with Crippen molar-refractivity contribution < 1.29 is 23.5 Å². The molecule has 0 saturated carbocycles. The van der Waals surface area contributed by atoms with Gasteiger partial charge >= 0.3 is 0 Å². The molecule has 2 amide bonds. The topological polar surface area (TPSA) is 93.0 Å². The first kappa shape index (κ1) is 23.9. The Hall–Kier alpha value is -3.78. The molecule has 2 aromatic carbocycles. The molecule has 0 spiro atoms. The van der Waals surface area contributed by atoms with Crippen LogP contribution in [0.5, 0.6) is 11.5 Å². The van der Waals surface area contributed by atoms with E-state index < -0.39 is 0 Å². The summed E-state index contributed by atoms with van der Waals surface area (Å²) >= 11 is 0. The molecule has 33 heavy (non-hydrogen) atoms. The van der Waals surface area contributed by atoms with Crippen LogP contribution in [-0.2, 0) is 24.4 Å². The van der Waals surface area contributed by atoms with E-state index in [1.807, 2.05) is 47.4 Å². The smallest absolute Gasteiger partial charge is 0.251 e. The first-order valence-corrected chi connectivity index (χ1v) is 10.6. The summed E-state index contributed by atoms with van der Waals surface area (Å²) in [7, 11) is 4.76. The number of furan rings is 1. The molecule has 3 aromatic rings. The van der Waals surface area contributed by atoms with E-state index in [-0.39, 0.29) is 18.4 Å². The summed E-state index contributed by atoms with van der Waals surface area (Å²) in [6, 6.07) is 16.6. The molecule has 1 heterocycles. The average molecular weight is 452 g/mol. The summed E-state index contributed by atoms with van der Waals surface area (Å²) in [6.45, 7) is 1.56. The number of methoxy groups -OCH3 is 2. The second-order valence-electron chi connectivity index (χ2n) is 7.47. The Balaban J connectivity index is 1.63. The molecule has 3 rings (SSSR count). The van der Waals surface area contributed by atoms with E-state index in [0.29, 0.717) is 36.7 Å². The molecule has 0 unspecified atom stereocenters. The lowest BCUT2D eigenvalue weighted by Gasteiger charge is -2.21. The first-order chi connectivity index (χ1) is 16.0. The number of rotatable bonds is 11. The molecule has 2 N–H and O–H groups in total. The normalized spacial score (nSPS) is 10.7. The van der Waals surface area contributed by atoms with E-state index in [2.05, 4.69) is 10.6 Å². The van der Waals surface area contributed by atoms with Gasteiger partial charge in [-0.05, 0) is 47.5 Å². The molecule has 8 nitrogen and oxygen atoms in total. The van der Waals surface area contributed by atoms with Gasteiger partial charge in [-0.25, -0.2) is 0 Å². The van der Waals surface area contributed by atoms with Gasteiger partial charge in [0.15, 0.2) is 11.5 Å². The first-order valence-electron chi connectivity index (χ1n) is 10.6. The monoisotopic (exact) mass is 451 g/mol. The number of hydrogen-bond donors (Lipinski definition) is 2. The summed E-state index contributed by atoms with van der Waals surface area (Å²) in [4.78, 5) is 26.5. The minimum Gasteiger partial charge on any atom is -0.493 e. The molecule has 0 atom stereocenters. The molecule has 0 bridgehead atoms. The Labute approximate surface area is 193 Å². The molecule has 0 aliphatic rings. The van der Waals surface area contributed by atoms with E-state index >= 15 is 0 Å². The van der Waals surface area contributed by atoms with E-state index in [4.69, 9.17) is 13.9 Å². The Bertz CT molecular complexity index is 1050. The van der Waals surface area contributed by atoms with Crippen LogP contribution in [0.15, 0.2) is 65.3 Å². The lowest BCUT2D eigenvalue weighted by Crippen LogP contribution is -2.36.